The largest absolute Gasteiger partial charge is 0.456 e. The van der Waals surface area contributed by atoms with Gasteiger partial charge in [-0.1, -0.05) is 52.3 Å². The lowest BCUT2D eigenvalue weighted by molar-refractivity contribution is 0.629. The van der Waals surface area contributed by atoms with Crippen molar-refractivity contribution in [1.82, 2.24) is 0 Å². The van der Waals surface area contributed by atoms with Crippen molar-refractivity contribution in [1.29, 1.82) is 0 Å². The molecule has 1 heterocycles. The fourth-order valence-electron chi connectivity index (χ4n) is 2.25. The third-order valence-electron chi connectivity index (χ3n) is 3.19. The molecule has 0 radical (unpaired) electrons. The van der Waals surface area contributed by atoms with Gasteiger partial charge in [-0.15, -0.1) is 0 Å². The van der Waals surface area contributed by atoms with Gasteiger partial charge in [0.2, 0.25) is 0 Å². The minimum absolute atomic E-state index is 0.861. The van der Waals surface area contributed by atoms with Gasteiger partial charge in [-0.3, -0.25) is 0 Å². The number of alkyl halides is 1. The summed E-state index contributed by atoms with van der Waals surface area (Å²) in [7, 11) is 0. The molecule has 0 N–H and O–H groups in total. The fourth-order valence-corrected chi connectivity index (χ4v) is 2.59. The first-order valence-electron chi connectivity index (χ1n) is 5.93. The van der Waals surface area contributed by atoms with Crippen molar-refractivity contribution in [3.8, 4) is 11.3 Å². The molecule has 0 atom stereocenters. The fraction of sp³-hybridized carbons (Fsp3) is 0.125. The van der Waals surface area contributed by atoms with Crippen LogP contribution in [-0.2, 0) is 5.33 Å². The Labute approximate surface area is 115 Å². The molecule has 0 aliphatic heterocycles. The number of hydrogen-bond acceptors (Lipinski definition) is 1. The summed E-state index contributed by atoms with van der Waals surface area (Å²) in [5.74, 6) is 0.971. The molecule has 1 aromatic heterocycles. The van der Waals surface area contributed by atoms with Crippen molar-refractivity contribution >= 4 is 26.9 Å². The molecule has 0 saturated heterocycles. The molecule has 0 fully saturated rings. The van der Waals surface area contributed by atoms with Gasteiger partial charge in [0.25, 0.3) is 0 Å². The molecule has 0 aliphatic carbocycles. The Bertz CT molecular complexity index is 697. The number of rotatable bonds is 2. The molecule has 0 saturated carbocycles. The third kappa shape index (κ3) is 1.87. The highest BCUT2D eigenvalue weighted by atomic mass is 79.9. The van der Waals surface area contributed by atoms with Crippen molar-refractivity contribution in [3.05, 3.63) is 59.7 Å². The standard InChI is InChI=1S/C16H13BrO/c1-11-14-7-2-3-8-15(14)18-16(11)13-6-4-5-12(9-13)10-17/h2-9H,10H2,1H3. The molecule has 1 nitrogen and oxygen atoms in total. The molecule has 3 rings (SSSR count). The first-order valence-corrected chi connectivity index (χ1v) is 7.05. The van der Waals surface area contributed by atoms with E-state index in [1.807, 2.05) is 18.2 Å². The number of hydrogen-bond donors (Lipinski definition) is 0. The highest BCUT2D eigenvalue weighted by Crippen LogP contribution is 2.33. The lowest BCUT2D eigenvalue weighted by Gasteiger charge is -2.01. The highest BCUT2D eigenvalue weighted by molar-refractivity contribution is 9.08. The minimum atomic E-state index is 0.861. The Morgan fingerprint density at radius 3 is 2.67 bits per heavy atom. The summed E-state index contributed by atoms with van der Waals surface area (Å²) in [5, 5.41) is 2.05. The molecular formula is C16H13BrO. The van der Waals surface area contributed by atoms with Crippen LogP contribution in [0.25, 0.3) is 22.3 Å². The smallest absolute Gasteiger partial charge is 0.138 e. The van der Waals surface area contributed by atoms with Gasteiger partial charge in [0.05, 0.1) is 0 Å². The molecule has 18 heavy (non-hydrogen) atoms. The molecule has 0 amide bonds. The SMILES string of the molecule is Cc1c(-c2cccc(CBr)c2)oc2ccccc12. The molecule has 0 spiro atoms. The van der Waals surface area contributed by atoms with Crippen molar-refractivity contribution in [3.63, 3.8) is 0 Å². The first kappa shape index (κ1) is 11.5. The van der Waals surface area contributed by atoms with Crippen LogP contribution in [0.15, 0.2) is 52.9 Å². The molecule has 2 aromatic carbocycles. The Kier molecular flexibility index (Phi) is 2.96. The van der Waals surface area contributed by atoms with Crippen LogP contribution in [0.3, 0.4) is 0 Å². The number of aryl methyl sites for hydroxylation is 1. The van der Waals surface area contributed by atoms with Gasteiger partial charge in [-0.2, -0.15) is 0 Å². The van der Waals surface area contributed by atoms with Gasteiger partial charge in [0, 0.05) is 21.8 Å². The molecule has 0 unspecified atom stereocenters. The zero-order chi connectivity index (χ0) is 12.5. The van der Waals surface area contributed by atoms with Crippen LogP contribution in [-0.4, -0.2) is 0 Å². The van der Waals surface area contributed by atoms with E-state index in [2.05, 4.69) is 53.2 Å². The number of halogens is 1. The van der Waals surface area contributed by atoms with E-state index in [0.29, 0.717) is 0 Å². The van der Waals surface area contributed by atoms with Crippen molar-refractivity contribution in [2.24, 2.45) is 0 Å². The summed E-state index contributed by atoms with van der Waals surface area (Å²) in [6.45, 7) is 2.11. The van der Waals surface area contributed by atoms with E-state index >= 15 is 0 Å². The Morgan fingerprint density at radius 2 is 1.89 bits per heavy atom. The van der Waals surface area contributed by atoms with E-state index in [4.69, 9.17) is 4.42 Å². The van der Waals surface area contributed by atoms with Crippen LogP contribution < -0.4 is 0 Å². The highest BCUT2D eigenvalue weighted by Gasteiger charge is 2.11. The Morgan fingerprint density at radius 1 is 1.06 bits per heavy atom. The summed E-state index contributed by atoms with van der Waals surface area (Å²) < 4.78 is 5.97. The Balaban J connectivity index is 2.21. The second-order valence-corrected chi connectivity index (χ2v) is 4.95. The van der Waals surface area contributed by atoms with Crippen LogP contribution in [0.5, 0.6) is 0 Å². The van der Waals surface area contributed by atoms with E-state index < -0.39 is 0 Å². The monoisotopic (exact) mass is 300 g/mol. The molecule has 0 bridgehead atoms. The summed E-state index contributed by atoms with van der Waals surface area (Å²) in [6, 6.07) is 16.6. The predicted octanol–water partition coefficient (Wildman–Crippen LogP) is 5.30. The van der Waals surface area contributed by atoms with Crippen molar-refractivity contribution in [2.45, 2.75) is 12.3 Å². The van der Waals surface area contributed by atoms with Crippen LogP contribution in [0.4, 0.5) is 0 Å². The van der Waals surface area contributed by atoms with Crippen molar-refractivity contribution in [2.75, 3.05) is 0 Å². The average molecular weight is 301 g/mol. The van der Waals surface area contributed by atoms with Crippen LogP contribution in [0.2, 0.25) is 0 Å². The maximum absolute atomic E-state index is 5.97. The van der Waals surface area contributed by atoms with Gasteiger partial charge >= 0.3 is 0 Å². The first-order chi connectivity index (χ1) is 8.79. The number of fused-ring (bicyclic) bond motifs is 1. The summed E-state index contributed by atoms with van der Waals surface area (Å²) in [4.78, 5) is 0. The molecule has 90 valence electrons. The maximum atomic E-state index is 5.97. The molecular weight excluding hydrogens is 288 g/mol. The molecule has 0 aliphatic rings. The number of furan rings is 1. The predicted molar refractivity (Wildman–Crippen MR) is 79.0 cm³/mol. The van der Waals surface area contributed by atoms with Crippen LogP contribution >= 0.6 is 15.9 Å². The second-order valence-electron chi connectivity index (χ2n) is 4.39. The summed E-state index contributed by atoms with van der Waals surface area (Å²) in [6.07, 6.45) is 0. The number of benzene rings is 2. The van der Waals surface area contributed by atoms with Gasteiger partial charge < -0.3 is 4.42 Å². The Hall–Kier alpha value is -1.54. The van der Waals surface area contributed by atoms with Gasteiger partial charge in [0.15, 0.2) is 0 Å². The lowest BCUT2D eigenvalue weighted by Crippen LogP contribution is -1.81. The molecule has 3 aromatic rings. The average Bonchev–Trinajstić information content (AvgIpc) is 2.77. The van der Waals surface area contributed by atoms with Gasteiger partial charge in [0.1, 0.15) is 11.3 Å². The van der Waals surface area contributed by atoms with E-state index in [1.165, 1.54) is 16.5 Å². The third-order valence-corrected chi connectivity index (χ3v) is 3.83. The van der Waals surface area contributed by atoms with Gasteiger partial charge in [-0.05, 0) is 24.6 Å². The normalized spacial score (nSPS) is 11.0. The topological polar surface area (TPSA) is 13.1 Å². The second kappa shape index (κ2) is 4.62. The van der Waals surface area contributed by atoms with E-state index in [9.17, 15) is 0 Å². The van der Waals surface area contributed by atoms with Crippen LogP contribution in [0, 0.1) is 6.92 Å². The zero-order valence-corrected chi connectivity index (χ0v) is 11.7. The maximum Gasteiger partial charge on any atom is 0.138 e. The van der Waals surface area contributed by atoms with Crippen LogP contribution in [0.1, 0.15) is 11.1 Å². The minimum Gasteiger partial charge on any atom is -0.456 e. The summed E-state index contributed by atoms with van der Waals surface area (Å²) in [5.41, 5.74) is 4.56. The van der Waals surface area contributed by atoms with E-state index in [0.717, 1.165) is 22.2 Å². The lowest BCUT2D eigenvalue weighted by atomic mass is 10.1. The van der Waals surface area contributed by atoms with E-state index in [-0.39, 0.29) is 0 Å². The number of para-hydroxylation sites is 1. The molecule has 2 heteroatoms. The van der Waals surface area contributed by atoms with E-state index in [1.54, 1.807) is 0 Å². The van der Waals surface area contributed by atoms with Gasteiger partial charge in [-0.25, -0.2) is 0 Å². The zero-order valence-electron chi connectivity index (χ0n) is 10.1. The quantitative estimate of drug-likeness (QED) is 0.585. The van der Waals surface area contributed by atoms with Crippen molar-refractivity contribution < 1.29 is 4.42 Å². The summed E-state index contributed by atoms with van der Waals surface area (Å²) >= 11 is 3.49.